The third-order valence-corrected chi connectivity index (χ3v) is 6.02. The van der Waals surface area contributed by atoms with Crippen molar-refractivity contribution in [3.8, 4) is 5.75 Å². The molecule has 28 heavy (non-hydrogen) atoms. The number of fused-ring (bicyclic) bond motifs is 1. The first kappa shape index (κ1) is 18.2. The predicted molar refractivity (Wildman–Crippen MR) is 110 cm³/mol. The van der Waals surface area contributed by atoms with Crippen molar-refractivity contribution in [1.82, 2.24) is 4.90 Å². The number of nitrogens with zero attached hydrogens (tertiary/aromatic N) is 3. The number of hydrogen-bond donors (Lipinski definition) is 0. The highest BCUT2D eigenvalue weighted by Gasteiger charge is 2.25. The smallest absolute Gasteiger partial charge is 0.270 e. The fraction of sp³-hybridized carbons (Fsp3) is 0.250. The maximum atomic E-state index is 12.9. The Kier molecular flexibility index (Phi) is 4.87. The third-order valence-electron chi connectivity index (χ3n) is 4.91. The van der Waals surface area contributed by atoms with Crippen molar-refractivity contribution in [2.24, 2.45) is 0 Å². The van der Waals surface area contributed by atoms with Crippen molar-refractivity contribution >= 4 is 38.7 Å². The van der Waals surface area contributed by atoms with Crippen LogP contribution in [0, 0.1) is 10.1 Å². The number of ether oxygens (including phenoxy) is 1. The molecule has 1 aliphatic rings. The van der Waals surface area contributed by atoms with Crippen molar-refractivity contribution in [1.29, 1.82) is 0 Å². The van der Waals surface area contributed by atoms with E-state index in [1.807, 2.05) is 29.2 Å². The van der Waals surface area contributed by atoms with Gasteiger partial charge in [0.2, 0.25) is 0 Å². The Labute approximate surface area is 165 Å². The highest BCUT2D eigenvalue weighted by molar-refractivity contribution is 7.20. The topological polar surface area (TPSA) is 75.9 Å². The van der Waals surface area contributed by atoms with Gasteiger partial charge in [0.25, 0.3) is 11.6 Å². The molecule has 4 rings (SSSR count). The molecule has 0 N–H and O–H groups in total. The summed E-state index contributed by atoms with van der Waals surface area (Å²) in [5.74, 6) is 0.803. The van der Waals surface area contributed by atoms with Crippen LogP contribution in [-0.4, -0.2) is 49.0 Å². The number of carbonyl (C=O) groups excluding carboxylic acids is 1. The molecule has 0 radical (unpaired) electrons. The second-order valence-electron chi connectivity index (χ2n) is 6.54. The van der Waals surface area contributed by atoms with E-state index in [0.717, 1.165) is 34.6 Å². The van der Waals surface area contributed by atoms with Gasteiger partial charge in [-0.2, -0.15) is 0 Å². The lowest BCUT2D eigenvalue weighted by Crippen LogP contribution is -2.48. The highest BCUT2D eigenvalue weighted by Crippen LogP contribution is 2.31. The number of para-hydroxylation sites is 2. The van der Waals surface area contributed by atoms with Gasteiger partial charge in [0.1, 0.15) is 5.75 Å². The summed E-state index contributed by atoms with van der Waals surface area (Å²) in [4.78, 5) is 28.1. The lowest BCUT2D eigenvalue weighted by molar-refractivity contribution is -0.384. The molecule has 0 unspecified atom stereocenters. The number of piperazine rings is 1. The summed E-state index contributed by atoms with van der Waals surface area (Å²) in [5, 5.41) is 11.7. The number of rotatable bonds is 4. The molecule has 1 amide bonds. The van der Waals surface area contributed by atoms with Crippen molar-refractivity contribution < 1.29 is 14.5 Å². The van der Waals surface area contributed by atoms with E-state index in [2.05, 4.69) is 4.90 Å². The molecule has 0 bridgehead atoms. The van der Waals surface area contributed by atoms with Gasteiger partial charge in [0.05, 0.1) is 22.6 Å². The Morgan fingerprint density at radius 3 is 2.57 bits per heavy atom. The van der Waals surface area contributed by atoms with Gasteiger partial charge in [-0.1, -0.05) is 12.1 Å². The maximum Gasteiger partial charge on any atom is 0.270 e. The second-order valence-corrected chi connectivity index (χ2v) is 7.62. The first-order valence-corrected chi connectivity index (χ1v) is 9.73. The number of nitro benzene ring substituents is 1. The van der Waals surface area contributed by atoms with Crippen LogP contribution in [-0.2, 0) is 0 Å². The van der Waals surface area contributed by atoms with Crippen LogP contribution in [0.5, 0.6) is 5.75 Å². The zero-order valence-electron chi connectivity index (χ0n) is 15.3. The van der Waals surface area contributed by atoms with Gasteiger partial charge in [-0.15, -0.1) is 11.3 Å². The van der Waals surface area contributed by atoms with E-state index in [1.165, 1.54) is 23.5 Å². The van der Waals surface area contributed by atoms with Crippen LogP contribution in [0.3, 0.4) is 0 Å². The van der Waals surface area contributed by atoms with Crippen LogP contribution in [0.2, 0.25) is 0 Å². The first-order chi connectivity index (χ1) is 13.6. The van der Waals surface area contributed by atoms with E-state index in [-0.39, 0.29) is 11.6 Å². The monoisotopic (exact) mass is 397 g/mol. The first-order valence-electron chi connectivity index (χ1n) is 8.92. The fourth-order valence-electron chi connectivity index (χ4n) is 3.45. The molecule has 144 valence electrons. The number of anilines is 1. The Morgan fingerprint density at radius 1 is 1.11 bits per heavy atom. The van der Waals surface area contributed by atoms with Crippen molar-refractivity contribution in [2.45, 2.75) is 0 Å². The summed E-state index contributed by atoms with van der Waals surface area (Å²) in [5.41, 5.74) is 1.07. The van der Waals surface area contributed by atoms with Gasteiger partial charge in [-0.25, -0.2) is 0 Å². The molecule has 0 spiro atoms. The normalized spacial score (nSPS) is 14.3. The van der Waals surface area contributed by atoms with Crippen LogP contribution in [0.4, 0.5) is 11.4 Å². The standard InChI is InChI=1S/C20H19N3O4S/c1-27-17-5-3-2-4-16(17)21-8-10-22(11-9-21)20(24)19-13-14-12-15(23(25)26)6-7-18(14)28-19/h2-7,12-13H,8-11H2,1H3. The number of thiophene rings is 1. The third kappa shape index (κ3) is 3.38. The van der Waals surface area contributed by atoms with Crippen LogP contribution in [0.25, 0.3) is 10.1 Å². The zero-order valence-corrected chi connectivity index (χ0v) is 16.1. The molecule has 7 nitrogen and oxygen atoms in total. The van der Waals surface area contributed by atoms with Crippen molar-refractivity contribution in [3.63, 3.8) is 0 Å². The number of amides is 1. The largest absolute Gasteiger partial charge is 0.495 e. The van der Waals surface area contributed by atoms with Gasteiger partial charge >= 0.3 is 0 Å². The summed E-state index contributed by atoms with van der Waals surface area (Å²) >= 11 is 1.38. The molecule has 1 aliphatic heterocycles. The van der Waals surface area contributed by atoms with Crippen molar-refractivity contribution in [2.75, 3.05) is 38.2 Å². The SMILES string of the molecule is COc1ccccc1N1CCN(C(=O)c2cc3cc([N+](=O)[O-])ccc3s2)CC1. The van der Waals surface area contributed by atoms with Crippen LogP contribution >= 0.6 is 11.3 Å². The van der Waals surface area contributed by atoms with E-state index in [0.29, 0.717) is 18.0 Å². The molecular formula is C20H19N3O4S. The lowest BCUT2D eigenvalue weighted by atomic mass is 10.2. The maximum absolute atomic E-state index is 12.9. The minimum absolute atomic E-state index is 0.0245. The summed E-state index contributed by atoms with van der Waals surface area (Å²) < 4.78 is 6.31. The molecule has 0 saturated carbocycles. The molecule has 2 heterocycles. The van der Waals surface area contributed by atoms with Gasteiger partial charge in [0.15, 0.2) is 0 Å². The minimum Gasteiger partial charge on any atom is -0.495 e. The predicted octanol–water partition coefficient (Wildman–Crippen LogP) is 3.78. The average molecular weight is 397 g/mol. The number of nitro groups is 1. The molecule has 1 saturated heterocycles. The van der Waals surface area contributed by atoms with Crippen LogP contribution in [0.15, 0.2) is 48.5 Å². The van der Waals surface area contributed by atoms with Gasteiger partial charge in [0, 0.05) is 48.4 Å². The molecule has 8 heteroatoms. The second kappa shape index (κ2) is 7.47. The summed E-state index contributed by atoms with van der Waals surface area (Å²) in [6.45, 7) is 2.68. The van der Waals surface area contributed by atoms with Crippen molar-refractivity contribution in [3.05, 3.63) is 63.5 Å². The Bertz CT molecular complexity index is 1040. The Balaban J connectivity index is 1.48. The zero-order chi connectivity index (χ0) is 19.7. The molecule has 0 atom stereocenters. The summed E-state index contributed by atoms with van der Waals surface area (Å²) in [6, 6.07) is 14.3. The average Bonchev–Trinajstić information content (AvgIpc) is 3.16. The minimum atomic E-state index is -0.421. The fourth-order valence-corrected chi connectivity index (χ4v) is 4.46. The molecule has 1 aromatic heterocycles. The van der Waals surface area contributed by atoms with E-state index in [4.69, 9.17) is 4.74 Å². The van der Waals surface area contributed by atoms with Crippen LogP contribution < -0.4 is 9.64 Å². The van der Waals surface area contributed by atoms with E-state index < -0.39 is 4.92 Å². The molecular weight excluding hydrogens is 378 g/mol. The number of methoxy groups -OCH3 is 1. The number of benzene rings is 2. The molecule has 0 aliphatic carbocycles. The number of hydrogen-bond acceptors (Lipinski definition) is 6. The van der Waals surface area contributed by atoms with Gasteiger partial charge < -0.3 is 14.5 Å². The van der Waals surface area contributed by atoms with Gasteiger partial charge in [-0.05, 0) is 24.3 Å². The van der Waals surface area contributed by atoms with Crippen LogP contribution in [0.1, 0.15) is 9.67 Å². The summed E-state index contributed by atoms with van der Waals surface area (Å²) in [6.07, 6.45) is 0. The quantitative estimate of drug-likeness (QED) is 0.495. The number of carbonyl (C=O) groups is 1. The molecule has 1 fully saturated rings. The molecule has 3 aromatic rings. The highest BCUT2D eigenvalue weighted by atomic mass is 32.1. The van der Waals surface area contributed by atoms with Gasteiger partial charge in [-0.3, -0.25) is 14.9 Å². The Hall–Kier alpha value is -3.13. The molecule has 2 aromatic carbocycles. The Morgan fingerprint density at radius 2 is 1.86 bits per heavy atom. The number of non-ortho nitro benzene ring substituents is 1. The van der Waals surface area contributed by atoms with E-state index in [1.54, 1.807) is 19.2 Å². The lowest BCUT2D eigenvalue weighted by Gasteiger charge is -2.36. The summed E-state index contributed by atoms with van der Waals surface area (Å²) in [7, 11) is 1.66. The van der Waals surface area contributed by atoms with E-state index in [9.17, 15) is 14.9 Å². The van der Waals surface area contributed by atoms with E-state index >= 15 is 0 Å².